The number of methoxy groups -OCH3 is 1. The molecule has 7 nitrogen and oxygen atoms in total. The molecule has 160 valence electrons. The third kappa shape index (κ3) is 4.84. The van der Waals surface area contributed by atoms with Crippen LogP contribution in [0.15, 0.2) is 85.2 Å². The maximum absolute atomic E-state index is 12.6. The average molecular weight is 427 g/mol. The van der Waals surface area contributed by atoms with Crippen LogP contribution in [0.2, 0.25) is 0 Å². The number of carbonyl (C=O) groups excluding carboxylic acids is 2. The van der Waals surface area contributed by atoms with Crippen molar-refractivity contribution in [3.05, 3.63) is 90.8 Å². The lowest BCUT2D eigenvalue weighted by Gasteiger charge is -2.13. The zero-order valence-electron chi connectivity index (χ0n) is 17.4. The topological polar surface area (TPSA) is 89.5 Å². The number of ether oxygens (including phenoxy) is 2. The molecule has 4 rings (SSSR count). The first-order valence-electron chi connectivity index (χ1n) is 9.96. The van der Waals surface area contributed by atoms with E-state index in [0.717, 1.165) is 10.8 Å². The van der Waals surface area contributed by atoms with E-state index in [4.69, 9.17) is 9.47 Å². The first-order valence-corrected chi connectivity index (χ1v) is 9.96. The highest BCUT2D eigenvalue weighted by atomic mass is 16.5. The van der Waals surface area contributed by atoms with Crippen molar-refractivity contribution >= 4 is 28.3 Å². The largest absolute Gasteiger partial charge is 0.497 e. The first kappa shape index (κ1) is 20.9. The fourth-order valence-electron chi connectivity index (χ4n) is 3.21. The Morgan fingerprint density at radius 2 is 1.75 bits per heavy atom. The van der Waals surface area contributed by atoms with Crippen LogP contribution in [-0.2, 0) is 4.79 Å². The molecule has 2 amide bonds. The highest BCUT2D eigenvalue weighted by Crippen LogP contribution is 2.30. The zero-order valence-corrected chi connectivity index (χ0v) is 17.4. The highest BCUT2D eigenvalue weighted by molar-refractivity contribution is 6.08. The molecule has 0 aliphatic heterocycles. The number of carbonyl (C=O) groups is 2. The van der Waals surface area contributed by atoms with Crippen LogP contribution in [0.3, 0.4) is 0 Å². The first-order chi connectivity index (χ1) is 15.6. The van der Waals surface area contributed by atoms with Crippen LogP contribution in [0.1, 0.15) is 10.4 Å². The van der Waals surface area contributed by atoms with Gasteiger partial charge in [-0.2, -0.15) is 0 Å². The Bertz CT molecular complexity index is 1270. The summed E-state index contributed by atoms with van der Waals surface area (Å²) in [4.78, 5) is 29.2. The molecular formula is C25H21N3O4. The maximum atomic E-state index is 12.6. The normalized spacial score (nSPS) is 10.4. The third-order valence-electron chi connectivity index (χ3n) is 4.77. The summed E-state index contributed by atoms with van der Waals surface area (Å²) in [6.07, 6.45) is 3.30. The number of nitrogens with one attached hydrogen (secondary N) is 2. The summed E-state index contributed by atoms with van der Waals surface area (Å²) in [6.45, 7) is -0.191. The Balaban J connectivity index is 1.42. The molecule has 1 heterocycles. The standard InChI is InChI=1S/C25H21N3O4/c1-31-18-7-5-8-19(14-18)32-23-11-3-2-10-22(23)28-24(29)16-27-25(30)20-9-4-6-17-12-13-26-15-21(17)20/h2-15H,16H2,1H3,(H,27,30)(H,28,29). The SMILES string of the molecule is COc1cccc(Oc2ccccc2NC(=O)CNC(=O)c2cccc3ccncc23)c1. The summed E-state index contributed by atoms with van der Waals surface area (Å²) < 4.78 is 11.1. The molecule has 32 heavy (non-hydrogen) atoms. The van der Waals surface area contributed by atoms with Gasteiger partial charge in [-0.15, -0.1) is 0 Å². The average Bonchev–Trinajstić information content (AvgIpc) is 2.83. The van der Waals surface area contributed by atoms with Crippen LogP contribution in [-0.4, -0.2) is 30.5 Å². The smallest absolute Gasteiger partial charge is 0.252 e. The predicted octanol–water partition coefficient (Wildman–Crippen LogP) is 4.40. The van der Waals surface area contributed by atoms with Crippen LogP contribution in [0.25, 0.3) is 10.8 Å². The summed E-state index contributed by atoms with van der Waals surface area (Å²) in [6, 6.07) is 21.5. The van der Waals surface area contributed by atoms with Crippen LogP contribution < -0.4 is 20.1 Å². The van der Waals surface area contributed by atoms with E-state index in [-0.39, 0.29) is 18.4 Å². The van der Waals surface area contributed by atoms with Gasteiger partial charge in [0.05, 0.1) is 19.3 Å². The number of fused-ring (bicyclic) bond motifs is 1. The van der Waals surface area contributed by atoms with Gasteiger partial charge in [-0.1, -0.05) is 30.3 Å². The van der Waals surface area contributed by atoms with Crippen molar-refractivity contribution in [2.45, 2.75) is 0 Å². The van der Waals surface area contributed by atoms with Crippen molar-refractivity contribution in [1.29, 1.82) is 0 Å². The van der Waals surface area contributed by atoms with Crippen LogP contribution in [0.5, 0.6) is 17.2 Å². The number of nitrogens with zero attached hydrogens (tertiary/aromatic N) is 1. The molecule has 0 unspecified atom stereocenters. The Morgan fingerprint density at radius 3 is 2.62 bits per heavy atom. The zero-order chi connectivity index (χ0) is 22.3. The molecule has 7 heteroatoms. The summed E-state index contributed by atoms with van der Waals surface area (Å²) in [5.41, 5.74) is 0.953. The minimum Gasteiger partial charge on any atom is -0.497 e. The van der Waals surface area contributed by atoms with Gasteiger partial charge in [-0.25, -0.2) is 0 Å². The van der Waals surface area contributed by atoms with Gasteiger partial charge in [-0.05, 0) is 41.8 Å². The van der Waals surface area contributed by atoms with E-state index in [1.165, 1.54) is 0 Å². The molecule has 0 radical (unpaired) electrons. The molecule has 0 bridgehead atoms. The Hall–Kier alpha value is -4.39. The van der Waals surface area contributed by atoms with E-state index in [2.05, 4.69) is 15.6 Å². The number of amides is 2. The summed E-state index contributed by atoms with van der Waals surface area (Å²) in [7, 11) is 1.58. The number of hydrogen-bond donors (Lipinski definition) is 2. The summed E-state index contributed by atoms with van der Waals surface area (Å²) >= 11 is 0. The van der Waals surface area contributed by atoms with E-state index < -0.39 is 0 Å². The lowest BCUT2D eigenvalue weighted by atomic mass is 10.1. The summed E-state index contributed by atoms with van der Waals surface area (Å²) in [5, 5.41) is 7.07. The van der Waals surface area contributed by atoms with Gasteiger partial charge >= 0.3 is 0 Å². The van der Waals surface area contributed by atoms with Crippen molar-refractivity contribution in [3.8, 4) is 17.2 Å². The van der Waals surface area contributed by atoms with Crippen molar-refractivity contribution < 1.29 is 19.1 Å². The fraction of sp³-hybridized carbons (Fsp3) is 0.0800. The molecule has 1 aromatic heterocycles. The Kier molecular flexibility index (Phi) is 6.27. The number of anilines is 1. The van der Waals surface area contributed by atoms with Crippen molar-refractivity contribution in [3.63, 3.8) is 0 Å². The highest BCUT2D eigenvalue weighted by Gasteiger charge is 2.13. The van der Waals surface area contributed by atoms with Gasteiger partial charge in [0.1, 0.15) is 11.5 Å². The number of para-hydroxylation sites is 2. The second kappa shape index (κ2) is 9.61. The van der Waals surface area contributed by atoms with E-state index in [1.807, 2.05) is 30.3 Å². The van der Waals surface area contributed by atoms with Gasteiger partial charge in [0.15, 0.2) is 5.75 Å². The predicted molar refractivity (Wildman–Crippen MR) is 122 cm³/mol. The molecule has 0 aliphatic rings. The Labute approximate surface area is 185 Å². The van der Waals surface area contributed by atoms with Gasteiger partial charge in [0, 0.05) is 29.4 Å². The third-order valence-corrected chi connectivity index (χ3v) is 4.77. The van der Waals surface area contributed by atoms with E-state index in [0.29, 0.717) is 28.5 Å². The number of benzene rings is 3. The molecular weight excluding hydrogens is 406 g/mol. The number of hydrogen-bond acceptors (Lipinski definition) is 5. The minimum atomic E-state index is -0.376. The Morgan fingerprint density at radius 1 is 0.938 bits per heavy atom. The molecule has 0 saturated carbocycles. The molecule has 0 fully saturated rings. The second-order valence-corrected chi connectivity index (χ2v) is 6.91. The van der Waals surface area contributed by atoms with Crippen LogP contribution in [0, 0.1) is 0 Å². The van der Waals surface area contributed by atoms with Gasteiger partial charge < -0.3 is 20.1 Å². The van der Waals surface area contributed by atoms with Crippen molar-refractivity contribution in [2.75, 3.05) is 19.0 Å². The number of aromatic nitrogens is 1. The molecule has 0 spiro atoms. The number of rotatable bonds is 7. The van der Waals surface area contributed by atoms with E-state index in [9.17, 15) is 9.59 Å². The lowest BCUT2D eigenvalue weighted by Crippen LogP contribution is -2.33. The molecule has 0 saturated heterocycles. The van der Waals surface area contributed by atoms with Gasteiger partial charge in [-0.3, -0.25) is 14.6 Å². The van der Waals surface area contributed by atoms with Crippen molar-refractivity contribution in [1.82, 2.24) is 10.3 Å². The quantitative estimate of drug-likeness (QED) is 0.456. The number of pyridine rings is 1. The lowest BCUT2D eigenvalue weighted by molar-refractivity contribution is -0.115. The molecule has 0 atom stereocenters. The molecule has 0 aliphatic carbocycles. The molecule has 2 N–H and O–H groups in total. The summed E-state index contributed by atoms with van der Waals surface area (Å²) in [5.74, 6) is 0.984. The van der Waals surface area contributed by atoms with Crippen LogP contribution in [0.4, 0.5) is 5.69 Å². The maximum Gasteiger partial charge on any atom is 0.252 e. The van der Waals surface area contributed by atoms with Crippen molar-refractivity contribution in [2.24, 2.45) is 0 Å². The molecule has 4 aromatic rings. The van der Waals surface area contributed by atoms with Gasteiger partial charge in [0.2, 0.25) is 5.91 Å². The monoisotopic (exact) mass is 427 g/mol. The minimum absolute atomic E-state index is 0.191. The van der Waals surface area contributed by atoms with Gasteiger partial charge in [0.25, 0.3) is 5.91 Å². The van der Waals surface area contributed by atoms with E-state index in [1.54, 1.807) is 62.0 Å². The fourth-order valence-corrected chi connectivity index (χ4v) is 3.21. The van der Waals surface area contributed by atoms with Crippen LogP contribution >= 0.6 is 0 Å². The molecule has 3 aromatic carbocycles. The second-order valence-electron chi connectivity index (χ2n) is 6.91. The van der Waals surface area contributed by atoms with E-state index >= 15 is 0 Å².